The molecule has 2 rings (SSSR count). The fourth-order valence-corrected chi connectivity index (χ4v) is 3.54. The van der Waals surface area contributed by atoms with Gasteiger partial charge in [-0.25, -0.2) is 4.98 Å². The number of benzene rings is 1. The Bertz CT molecular complexity index is 794. The predicted octanol–water partition coefficient (Wildman–Crippen LogP) is 2.42. The fourth-order valence-electron chi connectivity index (χ4n) is 2.30. The summed E-state index contributed by atoms with van der Waals surface area (Å²) in [6.45, 7) is 4.72. The molecule has 0 fully saturated rings. The van der Waals surface area contributed by atoms with E-state index in [1.54, 1.807) is 23.8 Å². The second kappa shape index (κ2) is 8.64. The lowest BCUT2D eigenvalue weighted by Gasteiger charge is -2.14. The van der Waals surface area contributed by atoms with Gasteiger partial charge in [0.15, 0.2) is 5.16 Å². The van der Waals surface area contributed by atoms with E-state index in [1.807, 2.05) is 19.9 Å². The molecule has 24 heavy (non-hydrogen) atoms. The summed E-state index contributed by atoms with van der Waals surface area (Å²) in [7, 11) is 1.59. The van der Waals surface area contributed by atoms with Crippen LogP contribution < -0.4 is 10.9 Å². The number of thioether (sulfide) groups is 1. The first kappa shape index (κ1) is 19.0. The Labute approximate surface area is 153 Å². The number of methoxy groups -OCH3 is 1. The minimum Gasteiger partial charge on any atom is -0.383 e. The van der Waals surface area contributed by atoms with Gasteiger partial charge in [-0.2, -0.15) is 0 Å². The largest absolute Gasteiger partial charge is 0.383 e. The molecule has 8 heteroatoms. The molecule has 0 bridgehead atoms. The highest BCUT2D eigenvalue weighted by Crippen LogP contribution is 2.20. The highest BCUT2D eigenvalue weighted by molar-refractivity contribution is 9.10. The molecule has 0 saturated heterocycles. The summed E-state index contributed by atoms with van der Waals surface area (Å²) in [5, 5.41) is 3.95. The molecular formula is C16H20BrN3O3S. The average molecular weight is 414 g/mol. The molecule has 0 spiro atoms. The Morgan fingerprint density at radius 3 is 2.92 bits per heavy atom. The maximum Gasteiger partial charge on any atom is 0.262 e. The predicted molar refractivity (Wildman–Crippen MR) is 99.6 cm³/mol. The van der Waals surface area contributed by atoms with E-state index in [1.165, 1.54) is 11.8 Å². The monoisotopic (exact) mass is 413 g/mol. The molecule has 1 amide bonds. The zero-order chi connectivity index (χ0) is 17.7. The molecule has 0 aliphatic rings. The molecule has 1 N–H and O–H groups in total. The maximum atomic E-state index is 12.6. The number of fused-ring (bicyclic) bond motifs is 1. The Morgan fingerprint density at radius 1 is 1.50 bits per heavy atom. The number of carbonyl (C=O) groups excluding carboxylic acids is 1. The van der Waals surface area contributed by atoms with Gasteiger partial charge in [-0.3, -0.25) is 14.2 Å². The molecule has 1 atom stereocenters. The van der Waals surface area contributed by atoms with Gasteiger partial charge in [0, 0.05) is 24.2 Å². The number of carbonyl (C=O) groups is 1. The topological polar surface area (TPSA) is 73.2 Å². The van der Waals surface area contributed by atoms with Crippen molar-refractivity contribution in [2.24, 2.45) is 0 Å². The lowest BCUT2D eigenvalue weighted by molar-refractivity contribution is -0.119. The lowest BCUT2D eigenvalue weighted by Crippen LogP contribution is -2.36. The van der Waals surface area contributed by atoms with E-state index < -0.39 is 0 Å². The van der Waals surface area contributed by atoms with Gasteiger partial charge in [0.1, 0.15) is 0 Å². The highest BCUT2D eigenvalue weighted by atomic mass is 79.9. The van der Waals surface area contributed by atoms with Crippen molar-refractivity contribution in [2.75, 3.05) is 19.5 Å². The van der Waals surface area contributed by atoms with Crippen molar-refractivity contribution in [1.29, 1.82) is 0 Å². The minimum absolute atomic E-state index is 0.0571. The van der Waals surface area contributed by atoms with Crippen LogP contribution in [0.3, 0.4) is 0 Å². The number of hydrogen-bond donors (Lipinski definition) is 1. The zero-order valence-corrected chi connectivity index (χ0v) is 16.2. The molecule has 0 aliphatic carbocycles. The Kier molecular flexibility index (Phi) is 6.82. The molecule has 0 aliphatic heterocycles. The number of aromatic nitrogens is 2. The van der Waals surface area contributed by atoms with Crippen LogP contribution in [-0.4, -0.2) is 41.0 Å². The van der Waals surface area contributed by atoms with Crippen LogP contribution in [0.5, 0.6) is 0 Å². The second-order valence-corrected chi connectivity index (χ2v) is 7.18. The normalized spacial score (nSPS) is 12.3. The fraction of sp³-hybridized carbons (Fsp3) is 0.438. The number of rotatable bonds is 7. The maximum absolute atomic E-state index is 12.6. The second-order valence-electron chi connectivity index (χ2n) is 5.32. The van der Waals surface area contributed by atoms with Crippen LogP contribution in [-0.2, 0) is 16.1 Å². The number of nitrogens with one attached hydrogen (secondary N) is 1. The van der Waals surface area contributed by atoms with Gasteiger partial charge in [0.2, 0.25) is 5.91 Å². The Balaban J connectivity index is 2.21. The van der Waals surface area contributed by atoms with Crippen molar-refractivity contribution in [3.8, 4) is 0 Å². The third-order valence-electron chi connectivity index (χ3n) is 3.35. The number of halogens is 1. The van der Waals surface area contributed by atoms with E-state index in [-0.39, 0.29) is 23.3 Å². The smallest absolute Gasteiger partial charge is 0.262 e. The number of ether oxygens (including phenoxy) is 1. The van der Waals surface area contributed by atoms with Crippen molar-refractivity contribution in [3.63, 3.8) is 0 Å². The Morgan fingerprint density at radius 2 is 2.25 bits per heavy atom. The first-order valence-electron chi connectivity index (χ1n) is 7.57. The molecular weight excluding hydrogens is 394 g/mol. The van der Waals surface area contributed by atoms with Crippen molar-refractivity contribution >= 4 is 44.5 Å². The third kappa shape index (κ3) is 4.58. The van der Waals surface area contributed by atoms with E-state index >= 15 is 0 Å². The standard InChI is InChI=1S/C16H20BrN3O3S/c1-4-20-15(22)12-7-11(17)5-6-13(12)19-16(20)24-9-14(21)18-10(2)8-23-3/h5-7,10H,4,8-9H2,1-3H3,(H,18,21). The van der Waals surface area contributed by atoms with E-state index in [0.29, 0.717) is 29.2 Å². The zero-order valence-electron chi connectivity index (χ0n) is 13.8. The first-order chi connectivity index (χ1) is 11.5. The summed E-state index contributed by atoms with van der Waals surface area (Å²) in [4.78, 5) is 29.1. The van der Waals surface area contributed by atoms with Gasteiger partial charge in [-0.05, 0) is 32.0 Å². The van der Waals surface area contributed by atoms with Crippen molar-refractivity contribution < 1.29 is 9.53 Å². The van der Waals surface area contributed by atoms with Crippen LogP contribution in [0.1, 0.15) is 13.8 Å². The molecule has 0 radical (unpaired) electrons. The molecule has 1 heterocycles. The van der Waals surface area contributed by atoms with Crippen LogP contribution in [0.15, 0.2) is 32.6 Å². The lowest BCUT2D eigenvalue weighted by atomic mass is 10.2. The molecule has 1 unspecified atom stereocenters. The summed E-state index contributed by atoms with van der Waals surface area (Å²) >= 11 is 4.63. The van der Waals surface area contributed by atoms with Gasteiger partial charge in [0.25, 0.3) is 5.56 Å². The van der Waals surface area contributed by atoms with E-state index in [9.17, 15) is 9.59 Å². The summed E-state index contributed by atoms with van der Waals surface area (Å²) < 4.78 is 7.42. The van der Waals surface area contributed by atoms with Crippen LogP contribution in [0.25, 0.3) is 10.9 Å². The molecule has 2 aromatic rings. The van der Waals surface area contributed by atoms with Crippen LogP contribution in [0.4, 0.5) is 0 Å². The summed E-state index contributed by atoms with van der Waals surface area (Å²) in [5.41, 5.74) is 0.531. The van der Waals surface area contributed by atoms with Crippen LogP contribution in [0, 0.1) is 0 Å². The van der Waals surface area contributed by atoms with E-state index in [4.69, 9.17) is 4.74 Å². The highest BCUT2D eigenvalue weighted by Gasteiger charge is 2.13. The van der Waals surface area contributed by atoms with Crippen molar-refractivity contribution in [2.45, 2.75) is 31.6 Å². The third-order valence-corrected chi connectivity index (χ3v) is 4.82. The van der Waals surface area contributed by atoms with Crippen molar-refractivity contribution in [3.05, 3.63) is 33.0 Å². The first-order valence-corrected chi connectivity index (χ1v) is 9.35. The van der Waals surface area contributed by atoms with E-state index in [2.05, 4.69) is 26.2 Å². The van der Waals surface area contributed by atoms with Gasteiger partial charge in [-0.15, -0.1) is 0 Å². The van der Waals surface area contributed by atoms with Crippen molar-refractivity contribution in [1.82, 2.24) is 14.9 Å². The molecule has 0 saturated carbocycles. The quantitative estimate of drug-likeness (QED) is 0.557. The summed E-state index contributed by atoms with van der Waals surface area (Å²) in [6.07, 6.45) is 0. The van der Waals surface area contributed by atoms with Gasteiger partial charge < -0.3 is 10.1 Å². The Hall–Kier alpha value is -1.38. The summed E-state index contributed by atoms with van der Waals surface area (Å²) in [6, 6.07) is 5.35. The SMILES string of the molecule is CCn1c(SCC(=O)NC(C)COC)nc2ccc(Br)cc2c1=O. The molecule has 1 aromatic carbocycles. The molecule has 1 aromatic heterocycles. The van der Waals surface area contributed by atoms with Crippen LogP contribution >= 0.6 is 27.7 Å². The van der Waals surface area contributed by atoms with Gasteiger partial charge in [-0.1, -0.05) is 27.7 Å². The molecule has 6 nitrogen and oxygen atoms in total. The van der Waals surface area contributed by atoms with Gasteiger partial charge >= 0.3 is 0 Å². The number of nitrogens with zero attached hydrogens (tertiary/aromatic N) is 2. The number of amides is 1. The average Bonchev–Trinajstić information content (AvgIpc) is 2.54. The number of hydrogen-bond acceptors (Lipinski definition) is 5. The van der Waals surface area contributed by atoms with Crippen LogP contribution in [0.2, 0.25) is 0 Å². The minimum atomic E-state index is -0.114. The molecule has 130 valence electrons. The van der Waals surface area contributed by atoms with Gasteiger partial charge in [0.05, 0.1) is 23.3 Å². The summed E-state index contributed by atoms with van der Waals surface area (Å²) in [5.74, 6) is 0.0834. The van der Waals surface area contributed by atoms with E-state index in [0.717, 1.165) is 4.47 Å².